The highest BCUT2D eigenvalue weighted by atomic mass is 35.5. The van der Waals surface area contributed by atoms with Crippen LogP contribution in [-0.2, 0) is 6.42 Å². The molecule has 0 nitrogen and oxygen atoms in total. The first-order valence-electron chi connectivity index (χ1n) is 4.77. The van der Waals surface area contributed by atoms with Gasteiger partial charge in [-0.3, -0.25) is 0 Å². The van der Waals surface area contributed by atoms with Crippen molar-refractivity contribution in [3.05, 3.63) is 59.7 Å². The van der Waals surface area contributed by atoms with Crippen molar-refractivity contribution in [2.75, 3.05) is 0 Å². The van der Waals surface area contributed by atoms with Crippen LogP contribution in [0.1, 0.15) is 11.1 Å². The van der Waals surface area contributed by atoms with Crippen molar-refractivity contribution >= 4 is 24.2 Å². The lowest BCUT2D eigenvalue weighted by Gasteiger charge is -2.17. The predicted molar refractivity (Wildman–Crippen MR) is 67.1 cm³/mol. The largest absolute Gasteiger partial charge is 0.147 e. The van der Waals surface area contributed by atoms with Gasteiger partial charge in [0, 0.05) is 9.79 Å². The molecule has 0 saturated heterocycles. The molecule has 1 aliphatic heterocycles. The Labute approximate surface area is 100 Å². The van der Waals surface area contributed by atoms with Gasteiger partial charge in [-0.05, 0) is 29.7 Å². The van der Waals surface area contributed by atoms with E-state index in [1.807, 2.05) is 11.8 Å². The Hall–Kier alpha value is -0.920. The SMILES string of the molecule is Cl.c1ccc2c(c1)Cc1ccccc1S2. The van der Waals surface area contributed by atoms with Gasteiger partial charge in [0.05, 0.1) is 0 Å². The molecular weight excluding hydrogens is 224 g/mol. The maximum Gasteiger partial charge on any atom is 0.0157 e. The monoisotopic (exact) mass is 234 g/mol. The second-order valence-corrected chi connectivity index (χ2v) is 4.58. The molecule has 15 heavy (non-hydrogen) atoms. The first kappa shape index (κ1) is 10.6. The molecule has 0 bridgehead atoms. The Morgan fingerprint density at radius 2 is 1.20 bits per heavy atom. The quantitative estimate of drug-likeness (QED) is 0.563. The lowest BCUT2D eigenvalue weighted by Crippen LogP contribution is -1.98. The fraction of sp³-hybridized carbons (Fsp3) is 0.0769. The maximum atomic E-state index is 2.22. The zero-order valence-electron chi connectivity index (χ0n) is 8.14. The van der Waals surface area contributed by atoms with Gasteiger partial charge in [-0.15, -0.1) is 12.4 Å². The Balaban J connectivity index is 0.000000853. The van der Waals surface area contributed by atoms with Gasteiger partial charge in [0.25, 0.3) is 0 Å². The molecule has 1 aliphatic rings. The van der Waals surface area contributed by atoms with Gasteiger partial charge in [0.15, 0.2) is 0 Å². The van der Waals surface area contributed by atoms with E-state index in [4.69, 9.17) is 0 Å². The van der Waals surface area contributed by atoms with E-state index in [-0.39, 0.29) is 12.4 Å². The molecule has 3 rings (SSSR count). The van der Waals surface area contributed by atoms with Crippen molar-refractivity contribution in [1.29, 1.82) is 0 Å². The summed E-state index contributed by atoms with van der Waals surface area (Å²) in [6, 6.07) is 17.3. The maximum absolute atomic E-state index is 2.22. The fourth-order valence-electron chi connectivity index (χ4n) is 1.82. The summed E-state index contributed by atoms with van der Waals surface area (Å²) in [4.78, 5) is 2.82. The van der Waals surface area contributed by atoms with E-state index >= 15 is 0 Å². The molecular formula is C13H11ClS. The summed E-state index contributed by atoms with van der Waals surface area (Å²) in [5.41, 5.74) is 2.91. The van der Waals surface area contributed by atoms with E-state index in [0.29, 0.717) is 0 Å². The van der Waals surface area contributed by atoms with E-state index < -0.39 is 0 Å². The Morgan fingerprint density at radius 3 is 1.73 bits per heavy atom. The fourth-order valence-corrected chi connectivity index (χ4v) is 2.90. The molecule has 2 aromatic rings. The molecule has 1 heterocycles. The van der Waals surface area contributed by atoms with Crippen molar-refractivity contribution in [2.45, 2.75) is 16.2 Å². The highest BCUT2D eigenvalue weighted by Gasteiger charge is 2.13. The van der Waals surface area contributed by atoms with Crippen molar-refractivity contribution < 1.29 is 0 Å². The van der Waals surface area contributed by atoms with Crippen molar-refractivity contribution in [1.82, 2.24) is 0 Å². The van der Waals surface area contributed by atoms with E-state index in [2.05, 4.69) is 48.5 Å². The summed E-state index contributed by atoms with van der Waals surface area (Å²) in [5.74, 6) is 0. The Morgan fingerprint density at radius 1 is 0.733 bits per heavy atom. The second kappa shape index (κ2) is 4.30. The van der Waals surface area contributed by atoms with Gasteiger partial charge < -0.3 is 0 Å². The minimum atomic E-state index is 0. The van der Waals surface area contributed by atoms with Gasteiger partial charge in [-0.1, -0.05) is 48.2 Å². The number of fused-ring (bicyclic) bond motifs is 2. The van der Waals surface area contributed by atoms with Crippen LogP contribution in [0.2, 0.25) is 0 Å². The minimum absolute atomic E-state index is 0. The zero-order chi connectivity index (χ0) is 9.38. The molecule has 2 aromatic carbocycles. The summed E-state index contributed by atoms with van der Waals surface area (Å²) in [5, 5.41) is 0. The third kappa shape index (κ3) is 1.90. The second-order valence-electron chi connectivity index (χ2n) is 3.49. The summed E-state index contributed by atoms with van der Waals surface area (Å²) < 4.78 is 0. The number of halogens is 1. The van der Waals surface area contributed by atoms with Crippen molar-refractivity contribution in [2.24, 2.45) is 0 Å². The van der Waals surface area contributed by atoms with Crippen LogP contribution < -0.4 is 0 Å². The Bertz CT molecular complexity index is 392. The van der Waals surface area contributed by atoms with Crippen LogP contribution in [0, 0.1) is 0 Å². The zero-order valence-corrected chi connectivity index (χ0v) is 9.78. The summed E-state index contributed by atoms with van der Waals surface area (Å²) >= 11 is 1.88. The van der Waals surface area contributed by atoms with Crippen LogP contribution in [0.25, 0.3) is 0 Å². The van der Waals surface area contributed by atoms with Crippen molar-refractivity contribution in [3.8, 4) is 0 Å². The summed E-state index contributed by atoms with van der Waals surface area (Å²) in [6.45, 7) is 0. The molecule has 0 N–H and O–H groups in total. The smallest absolute Gasteiger partial charge is 0.0157 e. The average molecular weight is 235 g/mol. The first-order valence-corrected chi connectivity index (χ1v) is 5.59. The van der Waals surface area contributed by atoms with E-state index in [1.54, 1.807) is 0 Å². The highest BCUT2D eigenvalue weighted by molar-refractivity contribution is 7.99. The van der Waals surface area contributed by atoms with E-state index in [0.717, 1.165) is 6.42 Å². The first-order chi connectivity index (χ1) is 6.93. The van der Waals surface area contributed by atoms with Gasteiger partial charge in [-0.25, -0.2) is 0 Å². The molecule has 76 valence electrons. The van der Waals surface area contributed by atoms with Crippen LogP contribution >= 0.6 is 24.2 Å². The van der Waals surface area contributed by atoms with E-state index in [1.165, 1.54) is 20.9 Å². The van der Waals surface area contributed by atoms with Gasteiger partial charge in [0.1, 0.15) is 0 Å². The average Bonchev–Trinajstić information content (AvgIpc) is 2.26. The third-order valence-electron chi connectivity index (χ3n) is 2.55. The van der Waals surface area contributed by atoms with E-state index in [9.17, 15) is 0 Å². The molecule has 0 saturated carbocycles. The lowest BCUT2D eigenvalue weighted by molar-refractivity contribution is 1.06. The molecule has 0 unspecified atom stereocenters. The number of hydrogen-bond donors (Lipinski definition) is 0. The normalized spacial score (nSPS) is 12.3. The molecule has 0 aliphatic carbocycles. The van der Waals surface area contributed by atoms with Crippen LogP contribution in [0.4, 0.5) is 0 Å². The van der Waals surface area contributed by atoms with Gasteiger partial charge >= 0.3 is 0 Å². The van der Waals surface area contributed by atoms with Gasteiger partial charge in [0.2, 0.25) is 0 Å². The predicted octanol–water partition coefficient (Wildman–Crippen LogP) is 4.16. The summed E-state index contributed by atoms with van der Waals surface area (Å²) in [7, 11) is 0. The standard InChI is InChI=1S/C13H10S.ClH/c1-3-7-12-10(5-1)9-11-6-2-4-8-13(11)14-12;/h1-8H,9H2;1H. The highest BCUT2D eigenvalue weighted by Crippen LogP contribution is 2.38. The molecule has 0 amide bonds. The lowest BCUT2D eigenvalue weighted by atomic mass is 10.0. The molecule has 0 aromatic heterocycles. The molecule has 0 atom stereocenters. The summed E-state index contributed by atoms with van der Waals surface area (Å²) in [6.07, 6.45) is 1.08. The molecule has 0 radical (unpaired) electrons. The molecule has 0 spiro atoms. The Kier molecular flexibility index (Phi) is 3.03. The topological polar surface area (TPSA) is 0 Å². The van der Waals surface area contributed by atoms with Crippen LogP contribution in [0.15, 0.2) is 58.3 Å². The number of rotatable bonds is 0. The number of hydrogen-bond acceptors (Lipinski definition) is 1. The third-order valence-corrected chi connectivity index (χ3v) is 3.78. The molecule has 2 heteroatoms. The van der Waals surface area contributed by atoms with Crippen molar-refractivity contribution in [3.63, 3.8) is 0 Å². The van der Waals surface area contributed by atoms with Crippen LogP contribution in [0.5, 0.6) is 0 Å². The minimum Gasteiger partial charge on any atom is -0.147 e. The van der Waals surface area contributed by atoms with Gasteiger partial charge in [-0.2, -0.15) is 0 Å². The van der Waals surface area contributed by atoms with Crippen LogP contribution in [-0.4, -0.2) is 0 Å². The molecule has 0 fully saturated rings. The van der Waals surface area contributed by atoms with Crippen LogP contribution in [0.3, 0.4) is 0 Å². The number of benzene rings is 2.